The zero-order valence-electron chi connectivity index (χ0n) is 9.60. The number of fused-ring (bicyclic) bond motifs is 1. The number of benzene rings is 2. The molecule has 0 aliphatic rings. The average Bonchev–Trinajstić information content (AvgIpc) is 2.28. The molecule has 0 aliphatic carbocycles. The van der Waals surface area contributed by atoms with Crippen molar-refractivity contribution in [3.05, 3.63) is 36.4 Å². The lowest BCUT2D eigenvalue weighted by Crippen LogP contribution is -2.09. The van der Waals surface area contributed by atoms with Crippen LogP contribution in [-0.2, 0) is 0 Å². The van der Waals surface area contributed by atoms with Crippen molar-refractivity contribution in [1.29, 1.82) is 0 Å². The van der Waals surface area contributed by atoms with E-state index in [1.54, 1.807) is 12.1 Å². The maximum atomic E-state index is 9.41. The van der Waals surface area contributed by atoms with Crippen molar-refractivity contribution in [1.82, 2.24) is 0 Å². The third-order valence-corrected chi connectivity index (χ3v) is 2.71. The normalized spacial score (nSPS) is 12.6. The first kappa shape index (κ1) is 10.8. The second kappa shape index (κ2) is 4.44. The Morgan fingerprint density at radius 2 is 1.88 bits per heavy atom. The highest BCUT2D eigenvalue weighted by molar-refractivity contribution is 5.85. The van der Waals surface area contributed by atoms with Gasteiger partial charge < -0.3 is 9.84 Å². The van der Waals surface area contributed by atoms with E-state index in [4.69, 9.17) is 4.74 Å². The van der Waals surface area contributed by atoms with Crippen LogP contribution in [0, 0.1) is 0 Å². The van der Waals surface area contributed by atoms with E-state index in [9.17, 15) is 5.11 Å². The molecule has 2 rings (SSSR count). The van der Waals surface area contributed by atoms with Crippen molar-refractivity contribution in [3.8, 4) is 11.5 Å². The molecule has 0 amide bonds. The molecule has 2 aromatic carbocycles. The van der Waals surface area contributed by atoms with Crippen molar-refractivity contribution in [2.24, 2.45) is 0 Å². The van der Waals surface area contributed by atoms with Gasteiger partial charge in [-0.05, 0) is 48.4 Å². The van der Waals surface area contributed by atoms with Gasteiger partial charge in [0.1, 0.15) is 11.5 Å². The van der Waals surface area contributed by atoms with Gasteiger partial charge in [0.25, 0.3) is 0 Å². The standard InChI is InChI=1S/C14H16O2/c1-3-10(2)16-14-7-5-11-4-6-13(15)8-12(11)9-14/h4-10,15H,3H2,1-2H3. The number of hydrogen-bond acceptors (Lipinski definition) is 2. The summed E-state index contributed by atoms with van der Waals surface area (Å²) in [6.07, 6.45) is 1.20. The maximum absolute atomic E-state index is 9.41. The summed E-state index contributed by atoms with van der Waals surface area (Å²) >= 11 is 0. The number of ether oxygens (including phenoxy) is 1. The van der Waals surface area contributed by atoms with Crippen LogP contribution in [0.1, 0.15) is 20.3 Å². The van der Waals surface area contributed by atoms with Crippen LogP contribution in [0.25, 0.3) is 10.8 Å². The van der Waals surface area contributed by atoms with Crippen LogP contribution in [0.5, 0.6) is 11.5 Å². The summed E-state index contributed by atoms with van der Waals surface area (Å²) in [6.45, 7) is 4.14. The van der Waals surface area contributed by atoms with Gasteiger partial charge in [-0.25, -0.2) is 0 Å². The van der Waals surface area contributed by atoms with Gasteiger partial charge >= 0.3 is 0 Å². The molecule has 0 saturated carbocycles. The van der Waals surface area contributed by atoms with Crippen molar-refractivity contribution in [3.63, 3.8) is 0 Å². The zero-order chi connectivity index (χ0) is 11.5. The van der Waals surface area contributed by atoms with Crippen LogP contribution < -0.4 is 4.74 Å². The van der Waals surface area contributed by atoms with E-state index in [0.29, 0.717) is 0 Å². The number of aromatic hydroxyl groups is 1. The fraction of sp³-hybridized carbons (Fsp3) is 0.286. The predicted molar refractivity (Wildman–Crippen MR) is 66.0 cm³/mol. The minimum atomic E-state index is 0.217. The Kier molecular flexibility index (Phi) is 3.00. The van der Waals surface area contributed by atoms with Gasteiger partial charge in [-0.3, -0.25) is 0 Å². The molecule has 16 heavy (non-hydrogen) atoms. The lowest BCUT2D eigenvalue weighted by Gasteiger charge is -2.12. The van der Waals surface area contributed by atoms with Crippen molar-refractivity contribution in [2.45, 2.75) is 26.4 Å². The molecule has 1 unspecified atom stereocenters. The molecule has 0 aliphatic heterocycles. The summed E-state index contributed by atoms with van der Waals surface area (Å²) in [7, 11) is 0. The summed E-state index contributed by atoms with van der Waals surface area (Å²) < 4.78 is 5.73. The molecule has 1 N–H and O–H groups in total. The highest BCUT2D eigenvalue weighted by Gasteiger charge is 2.02. The second-order valence-corrected chi connectivity index (χ2v) is 4.03. The molecular weight excluding hydrogens is 200 g/mol. The molecule has 0 radical (unpaired) electrons. The van der Waals surface area contributed by atoms with Gasteiger partial charge in [-0.1, -0.05) is 19.1 Å². The number of phenols is 1. The first-order valence-electron chi connectivity index (χ1n) is 5.58. The minimum Gasteiger partial charge on any atom is -0.508 e. The van der Waals surface area contributed by atoms with Gasteiger partial charge in [-0.2, -0.15) is 0 Å². The van der Waals surface area contributed by atoms with Gasteiger partial charge in [0.15, 0.2) is 0 Å². The minimum absolute atomic E-state index is 0.217. The third-order valence-electron chi connectivity index (χ3n) is 2.71. The summed E-state index contributed by atoms with van der Waals surface area (Å²) in [5, 5.41) is 11.5. The lowest BCUT2D eigenvalue weighted by atomic mass is 10.1. The molecule has 84 valence electrons. The van der Waals surface area contributed by atoms with Crippen LogP contribution in [-0.4, -0.2) is 11.2 Å². The molecule has 2 nitrogen and oxygen atoms in total. The Balaban J connectivity index is 2.35. The van der Waals surface area contributed by atoms with E-state index in [1.165, 1.54) is 0 Å². The fourth-order valence-electron chi connectivity index (χ4n) is 1.60. The monoisotopic (exact) mass is 216 g/mol. The maximum Gasteiger partial charge on any atom is 0.120 e. The largest absolute Gasteiger partial charge is 0.508 e. The Morgan fingerprint density at radius 1 is 1.12 bits per heavy atom. The molecule has 0 saturated heterocycles. The van der Waals surface area contributed by atoms with Crippen LogP contribution in [0.4, 0.5) is 0 Å². The molecule has 1 atom stereocenters. The van der Waals surface area contributed by atoms with E-state index in [0.717, 1.165) is 22.9 Å². The molecule has 0 spiro atoms. The van der Waals surface area contributed by atoms with E-state index in [-0.39, 0.29) is 11.9 Å². The van der Waals surface area contributed by atoms with E-state index >= 15 is 0 Å². The second-order valence-electron chi connectivity index (χ2n) is 4.03. The van der Waals surface area contributed by atoms with E-state index in [1.807, 2.05) is 31.2 Å². The Hall–Kier alpha value is -1.70. The smallest absolute Gasteiger partial charge is 0.120 e. The van der Waals surface area contributed by atoms with Crippen LogP contribution in [0.2, 0.25) is 0 Å². The first-order valence-corrected chi connectivity index (χ1v) is 5.58. The van der Waals surface area contributed by atoms with E-state index < -0.39 is 0 Å². The SMILES string of the molecule is CCC(C)Oc1ccc2ccc(O)cc2c1. The number of hydrogen-bond donors (Lipinski definition) is 1. The van der Waals surface area contributed by atoms with Crippen LogP contribution >= 0.6 is 0 Å². The van der Waals surface area contributed by atoms with Gasteiger partial charge in [0.05, 0.1) is 6.10 Å². The Bertz CT molecular complexity index is 491. The summed E-state index contributed by atoms with van der Waals surface area (Å²) in [4.78, 5) is 0. The predicted octanol–water partition coefficient (Wildman–Crippen LogP) is 3.72. The Morgan fingerprint density at radius 3 is 2.62 bits per heavy atom. The van der Waals surface area contributed by atoms with Gasteiger partial charge in [0.2, 0.25) is 0 Å². The molecule has 0 heterocycles. The van der Waals surface area contributed by atoms with Gasteiger partial charge in [-0.15, -0.1) is 0 Å². The van der Waals surface area contributed by atoms with E-state index in [2.05, 4.69) is 6.92 Å². The lowest BCUT2D eigenvalue weighted by molar-refractivity contribution is 0.218. The Labute approximate surface area is 95.5 Å². The summed E-state index contributed by atoms with van der Waals surface area (Å²) in [5.74, 6) is 1.14. The highest BCUT2D eigenvalue weighted by atomic mass is 16.5. The average molecular weight is 216 g/mol. The summed E-state index contributed by atoms with van der Waals surface area (Å²) in [6, 6.07) is 11.3. The highest BCUT2D eigenvalue weighted by Crippen LogP contribution is 2.25. The molecule has 0 aromatic heterocycles. The molecular formula is C14H16O2. The molecule has 0 bridgehead atoms. The topological polar surface area (TPSA) is 29.5 Å². The first-order chi connectivity index (χ1) is 7.69. The number of phenolic OH excluding ortho intramolecular Hbond substituents is 1. The quantitative estimate of drug-likeness (QED) is 0.847. The summed E-state index contributed by atoms with van der Waals surface area (Å²) in [5.41, 5.74) is 0. The van der Waals surface area contributed by atoms with Crippen molar-refractivity contribution < 1.29 is 9.84 Å². The van der Waals surface area contributed by atoms with Gasteiger partial charge in [0, 0.05) is 0 Å². The zero-order valence-corrected chi connectivity index (χ0v) is 9.60. The molecule has 2 heteroatoms. The van der Waals surface area contributed by atoms with Crippen molar-refractivity contribution in [2.75, 3.05) is 0 Å². The van der Waals surface area contributed by atoms with Crippen LogP contribution in [0.15, 0.2) is 36.4 Å². The fourth-order valence-corrected chi connectivity index (χ4v) is 1.60. The van der Waals surface area contributed by atoms with Crippen molar-refractivity contribution >= 4 is 10.8 Å². The molecule has 2 aromatic rings. The number of rotatable bonds is 3. The third kappa shape index (κ3) is 2.27. The van der Waals surface area contributed by atoms with Crippen LogP contribution in [0.3, 0.4) is 0 Å². The molecule has 0 fully saturated rings.